The van der Waals surface area contributed by atoms with Crippen molar-refractivity contribution in [2.75, 3.05) is 26.2 Å². The van der Waals surface area contributed by atoms with E-state index < -0.39 is 0 Å². The van der Waals surface area contributed by atoms with Crippen LogP contribution in [0.25, 0.3) is 0 Å². The molecule has 0 saturated carbocycles. The van der Waals surface area contributed by atoms with Gasteiger partial charge in [0.1, 0.15) is 0 Å². The summed E-state index contributed by atoms with van der Waals surface area (Å²) < 4.78 is 5.73. The Morgan fingerprint density at radius 3 is 2.19 bits per heavy atom. The van der Waals surface area contributed by atoms with Gasteiger partial charge < -0.3 is 9.64 Å². The van der Waals surface area contributed by atoms with Gasteiger partial charge in [-0.15, -0.1) is 0 Å². The summed E-state index contributed by atoms with van der Waals surface area (Å²) in [6.07, 6.45) is 1.82. The molecule has 26 heavy (non-hydrogen) atoms. The van der Waals surface area contributed by atoms with Gasteiger partial charge in [0.2, 0.25) is 5.91 Å². The fourth-order valence-corrected chi connectivity index (χ4v) is 4.17. The van der Waals surface area contributed by atoms with Gasteiger partial charge in [-0.2, -0.15) is 0 Å². The molecule has 0 spiro atoms. The van der Waals surface area contributed by atoms with Crippen LogP contribution in [-0.4, -0.2) is 65.9 Å². The van der Waals surface area contributed by atoms with Crippen molar-refractivity contribution in [3.05, 3.63) is 35.9 Å². The molecule has 1 aromatic carbocycles. The van der Waals surface area contributed by atoms with Crippen LogP contribution in [0.3, 0.4) is 0 Å². The maximum absolute atomic E-state index is 12.9. The van der Waals surface area contributed by atoms with Crippen molar-refractivity contribution in [3.8, 4) is 0 Å². The molecule has 0 N–H and O–H groups in total. The van der Waals surface area contributed by atoms with Crippen LogP contribution < -0.4 is 0 Å². The van der Waals surface area contributed by atoms with Gasteiger partial charge in [-0.25, -0.2) is 0 Å². The van der Waals surface area contributed by atoms with Gasteiger partial charge in [-0.05, 0) is 46.7 Å². The Labute approximate surface area is 156 Å². The molecule has 3 rings (SSSR count). The van der Waals surface area contributed by atoms with E-state index in [0.29, 0.717) is 13.1 Å². The topological polar surface area (TPSA) is 49.9 Å². The summed E-state index contributed by atoms with van der Waals surface area (Å²) in [5.74, 6) is 0.485. The lowest BCUT2D eigenvalue weighted by atomic mass is 9.88. The molecule has 2 saturated heterocycles. The largest absolute Gasteiger partial charge is 0.372 e. The van der Waals surface area contributed by atoms with Gasteiger partial charge >= 0.3 is 0 Å². The van der Waals surface area contributed by atoms with Gasteiger partial charge in [-0.1, -0.05) is 30.3 Å². The monoisotopic (exact) mass is 358 g/mol. The van der Waals surface area contributed by atoms with Crippen LogP contribution in [0.2, 0.25) is 0 Å². The summed E-state index contributed by atoms with van der Waals surface area (Å²) in [5, 5.41) is 0. The van der Waals surface area contributed by atoms with Gasteiger partial charge in [-0.3, -0.25) is 14.5 Å². The smallest absolute Gasteiger partial charge is 0.239 e. The summed E-state index contributed by atoms with van der Waals surface area (Å²) >= 11 is 0. The lowest BCUT2D eigenvalue weighted by Gasteiger charge is -2.40. The number of morpholine rings is 1. The third kappa shape index (κ3) is 4.33. The van der Waals surface area contributed by atoms with E-state index in [1.165, 1.54) is 0 Å². The number of benzene rings is 1. The van der Waals surface area contributed by atoms with Gasteiger partial charge in [0, 0.05) is 24.6 Å². The first kappa shape index (κ1) is 19.1. The van der Waals surface area contributed by atoms with E-state index in [-0.39, 0.29) is 35.9 Å². The first-order valence-corrected chi connectivity index (χ1v) is 9.73. The number of piperidine rings is 1. The van der Waals surface area contributed by atoms with Gasteiger partial charge in [0.05, 0.1) is 18.2 Å². The van der Waals surface area contributed by atoms with Crippen LogP contribution in [0, 0.1) is 5.92 Å². The number of rotatable bonds is 4. The van der Waals surface area contributed by atoms with Crippen molar-refractivity contribution >= 4 is 11.7 Å². The zero-order chi connectivity index (χ0) is 18.7. The molecule has 2 aliphatic rings. The fourth-order valence-electron chi connectivity index (χ4n) is 4.17. The summed E-state index contributed by atoms with van der Waals surface area (Å²) in [6.45, 7) is 8.94. The van der Waals surface area contributed by atoms with Gasteiger partial charge in [0.15, 0.2) is 5.78 Å². The second-order valence-corrected chi connectivity index (χ2v) is 7.72. The number of hydrogen-bond acceptors (Lipinski definition) is 4. The molecular formula is C21H30N2O3. The second-order valence-electron chi connectivity index (χ2n) is 7.72. The SMILES string of the molecule is C[C@@H]1CN(C(=O)[C@@H](C)N2CCC(C(=O)c3ccccc3)CC2)C[C@H](C)O1. The zero-order valence-electron chi connectivity index (χ0n) is 16.1. The van der Waals surface area contributed by atoms with Crippen molar-refractivity contribution in [2.24, 2.45) is 5.92 Å². The van der Waals surface area contributed by atoms with Crippen LogP contribution in [0.5, 0.6) is 0 Å². The highest BCUT2D eigenvalue weighted by molar-refractivity contribution is 5.97. The van der Waals surface area contributed by atoms with E-state index in [9.17, 15) is 9.59 Å². The molecule has 0 unspecified atom stereocenters. The molecule has 5 heteroatoms. The standard InChI is InChI=1S/C21H30N2O3/c1-15-13-23(14-16(2)26-15)21(25)17(3)22-11-9-19(10-12-22)20(24)18-7-5-4-6-8-18/h4-8,15-17,19H,9-14H2,1-3H3/t15-,16+,17-/m1/s1. The van der Waals surface area contributed by atoms with Crippen LogP contribution in [0.1, 0.15) is 44.0 Å². The average Bonchev–Trinajstić information content (AvgIpc) is 2.66. The van der Waals surface area contributed by atoms with E-state index in [1.807, 2.05) is 56.0 Å². The first-order chi connectivity index (χ1) is 12.5. The third-order valence-electron chi connectivity index (χ3n) is 5.60. The number of carbonyl (C=O) groups is 2. The van der Waals surface area contributed by atoms with Crippen LogP contribution in [-0.2, 0) is 9.53 Å². The van der Waals surface area contributed by atoms with Gasteiger partial charge in [0.25, 0.3) is 0 Å². The normalized spacial score (nSPS) is 26.5. The number of ketones is 1. The number of nitrogens with zero attached hydrogens (tertiary/aromatic N) is 2. The van der Waals surface area contributed by atoms with E-state index in [2.05, 4.69) is 4.90 Å². The summed E-state index contributed by atoms with van der Waals surface area (Å²) in [6, 6.07) is 9.39. The zero-order valence-corrected chi connectivity index (χ0v) is 16.1. The minimum Gasteiger partial charge on any atom is -0.372 e. The van der Waals surface area contributed by atoms with Crippen LogP contribution >= 0.6 is 0 Å². The number of amides is 1. The Morgan fingerprint density at radius 2 is 1.62 bits per heavy atom. The minimum absolute atomic E-state index is 0.0689. The molecular weight excluding hydrogens is 328 g/mol. The minimum atomic E-state index is -0.139. The van der Waals surface area contributed by atoms with E-state index in [4.69, 9.17) is 4.74 Å². The molecule has 0 aliphatic carbocycles. The highest BCUT2D eigenvalue weighted by Gasteiger charge is 2.34. The number of ether oxygens (including phenoxy) is 1. The molecule has 0 radical (unpaired) electrons. The molecule has 3 atom stereocenters. The lowest BCUT2D eigenvalue weighted by Crippen LogP contribution is -2.55. The van der Waals surface area contributed by atoms with Crippen molar-refractivity contribution in [1.82, 2.24) is 9.80 Å². The predicted molar refractivity (Wildman–Crippen MR) is 101 cm³/mol. The van der Waals surface area contributed by atoms with Crippen LogP contribution in [0.4, 0.5) is 0 Å². The van der Waals surface area contributed by atoms with Crippen molar-refractivity contribution in [3.63, 3.8) is 0 Å². The molecule has 5 nitrogen and oxygen atoms in total. The first-order valence-electron chi connectivity index (χ1n) is 9.73. The second kappa shape index (κ2) is 8.31. The number of carbonyl (C=O) groups excluding carboxylic acids is 2. The molecule has 0 aromatic heterocycles. The number of likely N-dealkylation sites (tertiary alicyclic amines) is 1. The molecule has 0 bridgehead atoms. The summed E-state index contributed by atoms with van der Waals surface area (Å²) in [4.78, 5) is 29.7. The third-order valence-corrected chi connectivity index (χ3v) is 5.60. The Balaban J connectivity index is 1.54. The number of hydrogen-bond donors (Lipinski definition) is 0. The van der Waals surface area contributed by atoms with E-state index in [0.717, 1.165) is 31.5 Å². The molecule has 2 heterocycles. The van der Waals surface area contributed by atoms with E-state index in [1.54, 1.807) is 0 Å². The Bertz CT molecular complexity index is 615. The average molecular weight is 358 g/mol. The van der Waals surface area contributed by atoms with Crippen molar-refractivity contribution in [1.29, 1.82) is 0 Å². The predicted octanol–water partition coefficient (Wildman–Crippen LogP) is 2.61. The van der Waals surface area contributed by atoms with Crippen LogP contribution in [0.15, 0.2) is 30.3 Å². The highest BCUT2D eigenvalue weighted by atomic mass is 16.5. The molecule has 142 valence electrons. The maximum atomic E-state index is 12.9. The van der Waals surface area contributed by atoms with Crippen molar-refractivity contribution < 1.29 is 14.3 Å². The van der Waals surface area contributed by atoms with E-state index >= 15 is 0 Å². The molecule has 1 amide bonds. The Hall–Kier alpha value is -1.72. The molecule has 1 aromatic rings. The summed E-state index contributed by atoms with van der Waals surface area (Å²) in [7, 11) is 0. The van der Waals surface area contributed by atoms with Crippen molar-refractivity contribution in [2.45, 2.75) is 51.9 Å². The Kier molecular flexibility index (Phi) is 6.09. The maximum Gasteiger partial charge on any atom is 0.239 e. The quantitative estimate of drug-likeness (QED) is 0.777. The highest BCUT2D eigenvalue weighted by Crippen LogP contribution is 2.24. The molecule has 2 fully saturated rings. The lowest BCUT2D eigenvalue weighted by molar-refractivity contribution is -0.148. The number of Topliss-reactive ketones (excluding diaryl/α,β-unsaturated/α-hetero) is 1. The molecule has 2 aliphatic heterocycles. The Morgan fingerprint density at radius 1 is 1.04 bits per heavy atom. The summed E-state index contributed by atoms with van der Waals surface area (Å²) in [5.41, 5.74) is 0.798. The fraction of sp³-hybridized carbons (Fsp3) is 0.619.